The summed E-state index contributed by atoms with van der Waals surface area (Å²) in [5.74, 6) is 0.176. The number of ether oxygens (including phenoxy) is 3. The lowest BCUT2D eigenvalue weighted by Gasteiger charge is -2.42. The highest BCUT2D eigenvalue weighted by atomic mass is 16.5. The summed E-state index contributed by atoms with van der Waals surface area (Å²) in [6, 6.07) is 0. The molecule has 0 aliphatic heterocycles. The van der Waals surface area contributed by atoms with Crippen LogP contribution in [0.5, 0.6) is 0 Å². The van der Waals surface area contributed by atoms with Gasteiger partial charge in [0.2, 0.25) is 0 Å². The van der Waals surface area contributed by atoms with Gasteiger partial charge in [0.25, 0.3) is 0 Å². The zero-order valence-corrected chi connectivity index (χ0v) is 19.6. The van der Waals surface area contributed by atoms with Gasteiger partial charge >= 0.3 is 11.9 Å². The molecule has 2 fully saturated rings. The average molecular weight is 435 g/mol. The van der Waals surface area contributed by atoms with Gasteiger partial charge in [0.1, 0.15) is 12.2 Å². The van der Waals surface area contributed by atoms with Gasteiger partial charge in [0.15, 0.2) is 0 Å². The van der Waals surface area contributed by atoms with E-state index in [4.69, 9.17) is 14.2 Å². The molecule has 0 bridgehead atoms. The third-order valence-electron chi connectivity index (χ3n) is 6.83. The fourth-order valence-corrected chi connectivity index (χ4v) is 5.15. The Kier molecular flexibility index (Phi) is 11.3. The van der Waals surface area contributed by atoms with E-state index in [-0.39, 0.29) is 36.4 Å². The molecule has 176 valence electrons. The molecule has 2 aliphatic rings. The van der Waals surface area contributed by atoms with Crippen LogP contribution in [0.4, 0.5) is 0 Å². The zero-order valence-electron chi connectivity index (χ0n) is 19.6. The minimum atomic E-state index is -0.328. The molecule has 31 heavy (non-hydrogen) atoms. The van der Waals surface area contributed by atoms with Crippen molar-refractivity contribution in [3.63, 3.8) is 0 Å². The molecule has 0 aromatic rings. The predicted molar refractivity (Wildman–Crippen MR) is 123 cm³/mol. The second-order valence-corrected chi connectivity index (χ2v) is 9.17. The van der Waals surface area contributed by atoms with E-state index >= 15 is 0 Å². The van der Waals surface area contributed by atoms with Crippen LogP contribution in [0.1, 0.15) is 90.9 Å². The molecule has 0 aromatic heterocycles. The van der Waals surface area contributed by atoms with Crippen molar-refractivity contribution in [3.05, 3.63) is 25.3 Å². The molecule has 0 aromatic carbocycles. The van der Waals surface area contributed by atoms with Crippen molar-refractivity contribution in [3.8, 4) is 0 Å². The van der Waals surface area contributed by atoms with Crippen molar-refractivity contribution >= 4 is 11.9 Å². The van der Waals surface area contributed by atoms with Gasteiger partial charge in [0, 0.05) is 12.2 Å². The number of unbranched alkanes of at least 4 members (excludes halogenated alkanes) is 2. The lowest BCUT2D eigenvalue weighted by Crippen LogP contribution is -2.42. The minimum Gasteiger partial charge on any atom is -0.459 e. The summed E-state index contributed by atoms with van der Waals surface area (Å²) in [4.78, 5) is 23.3. The first-order valence-corrected chi connectivity index (χ1v) is 12.3. The largest absolute Gasteiger partial charge is 0.459 e. The quantitative estimate of drug-likeness (QED) is 0.282. The standard InChI is InChI=1S/C26H42O5/c1-5-9-11-19-17-21(29-25(27)7-3)13-15-23(19)31-24-16-14-22(30-26(28)8-4)18-20(24)12-10-6-2/h7-8,19-24H,3-6,9-18H2,1-2H3. The Morgan fingerprint density at radius 1 is 0.774 bits per heavy atom. The molecule has 0 radical (unpaired) electrons. The van der Waals surface area contributed by atoms with Crippen LogP contribution in [0.2, 0.25) is 0 Å². The van der Waals surface area contributed by atoms with Crippen LogP contribution < -0.4 is 0 Å². The first-order chi connectivity index (χ1) is 15.0. The number of rotatable bonds is 12. The molecule has 6 unspecified atom stereocenters. The zero-order chi connectivity index (χ0) is 22.6. The second kappa shape index (κ2) is 13.7. The van der Waals surface area contributed by atoms with Gasteiger partial charge in [-0.3, -0.25) is 0 Å². The average Bonchev–Trinajstić information content (AvgIpc) is 2.78. The normalized spacial score (nSPS) is 30.9. The van der Waals surface area contributed by atoms with E-state index in [0.29, 0.717) is 11.8 Å². The summed E-state index contributed by atoms with van der Waals surface area (Å²) in [6.45, 7) is 11.4. The van der Waals surface area contributed by atoms with Gasteiger partial charge in [-0.05, 0) is 63.2 Å². The Labute approximate surface area is 188 Å². The molecular formula is C26H42O5. The summed E-state index contributed by atoms with van der Waals surface area (Å²) in [6.07, 6.45) is 15.0. The Morgan fingerprint density at radius 2 is 1.19 bits per heavy atom. The summed E-state index contributed by atoms with van der Waals surface area (Å²) in [5.41, 5.74) is 0. The van der Waals surface area contributed by atoms with Crippen molar-refractivity contribution in [1.29, 1.82) is 0 Å². The maximum Gasteiger partial charge on any atom is 0.330 e. The minimum absolute atomic E-state index is 0.0304. The van der Waals surface area contributed by atoms with Crippen molar-refractivity contribution in [1.82, 2.24) is 0 Å². The predicted octanol–water partition coefficient (Wildman–Crippen LogP) is 5.92. The van der Waals surface area contributed by atoms with Crippen LogP contribution in [0.3, 0.4) is 0 Å². The van der Waals surface area contributed by atoms with E-state index in [1.165, 1.54) is 12.2 Å². The van der Waals surface area contributed by atoms with E-state index < -0.39 is 0 Å². The van der Waals surface area contributed by atoms with Gasteiger partial charge in [-0.1, -0.05) is 52.7 Å². The van der Waals surface area contributed by atoms with Crippen LogP contribution in [-0.2, 0) is 23.8 Å². The van der Waals surface area contributed by atoms with E-state index in [2.05, 4.69) is 27.0 Å². The molecular weight excluding hydrogens is 392 g/mol. The van der Waals surface area contributed by atoms with Crippen molar-refractivity contribution < 1.29 is 23.8 Å². The van der Waals surface area contributed by atoms with Crippen LogP contribution in [0, 0.1) is 11.8 Å². The van der Waals surface area contributed by atoms with Crippen molar-refractivity contribution in [2.45, 2.75) is 115 Å². The molecule has 2 aliphatic carbocycles. The summed E-state index contributed by atoms with van der Waals surface area (Å²) in [7, 11) is 0. The maximum absolute atomic E-state index is 11.7. The lowest BCUT2D eigenvalue weighted by molar-refractivity contribution is -0.158. The number of esters is 2. The molecule has 0 amide bonds. The highest BCUT2D eigenvalue weighted by Gasteiger charge is 2.38. The van der Waals surface area contributed by atoms with Gasteiger partial charge in [0.05, 0.1) is 12.2 Å². The number of hydrogen-bond donors (Lipinski definition) is 0. The fraction of sp³-hybridized carbons (Fsp3) is 0.769. The number of hydrogen-bond acceptors (Lipinski definition) is 5. The van der Waals surface area contributed by atoms with Crippen molar-refractivity contribution in [2.75, 3.05) is 0 Å². The third kappa shape index (κ3) is 8.44. The molecule has 0 heterocycles. The van der Waals surface area contributed by atoms with Crippen LogP contribution in [0.15, 0.2) is 25.3 Å². The Balaban J connectivity index is 2.00. The summed E-state index contributed by atoms with van der Waals surface area (Å²) in [5, 5.41) is 0. The summed E-state index contributed by atoms with van der Waals surface area (Å²) >= 11 is 0. The van der Waals surface area contributed by atoms with Crippen molar-refractivity contribution in [2.24, 2.45) is 11.8 Å². The van der Waals surface area contributed by atoms with Gasteiger partial charge in [-0.25, -0.2) is 9.59 Å². The van der Waals surface area contributed by atoms with E-state index in [9.17, 15) is 9.59 Å². The highest BCUT2D eigenvalue weighted by Crippen LogP contribution is 2.38. The maximum atomic E-state index is 11.7. The Bertz CT molecular complexity index is 536. The molecule has 2 saturated carbocycles. The van der Waals surface area contributed by atoms with Crippen LogP contribution in [0.25, 0.3) is 0 Å². The molecule has 5 heteroatoms. The third-order valence-corrected chi connectivity index (χ3v) is 6.83. The van der Waals surface area contributed by atoms with Crippen LogP contribution >= 0.6 is 0 Å². The van der Waals surface area contributed by atoms with E-state index in [0.717, 1.165) is 77.0 Å². The Hall–Kier alpha value is -1.62. The first-order valence-electron chi connectivity index (χ1n) is 12.3. The molecule has 6 atom stereocenters. The highest BCUT2D eigenvalue weighted by molar-refractivity contribution is 5.81. The SMILES string of the molecule is C=CC(=O)OC1CCC(OC2CCC(OC(=O)C=C)CC2CCCC)C(CCCC)C1. The van der Waals surface area contributed by atoms with Gasteiger partial charge in [-0.2, -0.15) is 0 Å². The number of carbonyl (C=O) groups excluding carboxylic acids is 2. The smallest absolute Gasteiger partial charge is 0.330 e. The molecule has 2 rings (SSSR count). The molecule has 0 saturated heterocycles. The molecule has 0 spiro atoms. The topological polar surface area (TPSA) is 61.8 Å². The lowest BCUT2D eigenvalue weighted by atomic mass is 9.79. The fourth-order valence-electron chi connectivity index (χ4n) is 5.15. The second-order valence-electron chi connectivity index (χ2n) is 9.17. The van der Waals surface area contributed by atoms with E-state index in [1.54, 1.807) is 0 Å². The molecule has 0 N–H and O–H groups in total. The van der Waals surface area contributed by atoms with Gasteiger partial charge in [-0.15, -0.1) is 0 Å². The number of carbonyl (C=O) groups is 2. The monoisotopic (exact) mass is 434 g/mol. The summed E-state index contributed by atoms with van der Waals surface area (Å²) < 4.78 is 17.9. The first kappa shape index (κ1) is 25.6. The Morgan fingerprint density at radius 3 is 1.55 bits per heavy atom. The van der Waals surface area contributed by atoms with E-state index in [1.807, 2.05) is 0 Å². The van der Waals surface area contributed by atoms with Crippen LogP contribution in [-0.4, -0.2) is 36.4 Å². The van der Waals surface area contributed by atoms with Gasteiger partial charge < -0.3 is 14.2 Å². The molecule has 5 nitrogen and oxygen atoms in total.